The highest BCUT2D eigenvalue weighted by molar-refractivity contribution is 7.91. The lowest BCUT2D eigenvalue weighted by atomic mass is 9.96. The van der Waals surface area contributed by atoms with Gasteiger partial charge in [0.15, 0.2) is 9.84 Å². The van der Waals surface area contributed by atoms with Gasteiger partial charge in [0.05, 0.1) is 11.9 Å². The van der Waals surface area contributed by atoms with Crippen LogP contribution in [0, 0.1) is 6.92 Å². The van der Waals surface area contributed by atoms with Crippen LogP contribution >= 0.6 is 0 Å². The van der Waals surface area contributed by atoms with E-state index in [1.54, 1.807) is 13.0 Å². The molecule has 0 spiro atoms. The van der Waals surface area contributed by atoms with Crippen molar-refractivity contribution in [2.24, 2.45) is 0 Å². The number of fused-ring (bicyclic) bond motifs is 1. The summed E-state index contributed by atoms with van der Waals surface area (Å²) in [7, 11) is -4.00. The molecule has 1 unspecified atom stereocenters. The minimum atomic E-state index is -4.00. The third-order valence-corrected chi connectivity index (χ3v) is 7.87. The molecule has 2 heterocycles. The van der Waals surface area contributed by atoms with Crippen LogP contribution in [0.1, 0.15) is 61.5 Å². The van der Waals surface area contributed by atoms with Gasteiger partial charge in [-0.25, -0.2) is 13.4 Å². The molecule has 2 atom stereocenters. The summed E-state index contributed by atoms with van der Waals surface area (Å²) >= 11 is 0. The van der Waals surface area contributed by atoms with Crippen LogP contribution in [0.5, 0.6) is 11.6 Å². The smallest absolute Gasteiger partial charge is 0.303 e. The van der Waals surface area contributed by atoms with Gasteiger partial charge >= 0.3 is 5.97 Å². The minimum absolute atomic E-state index is 0.0542. The molecule has 0 fully saturated rings. The van der Waals surface area contributed by atoms with Crippen LogP contribution in [0.3, 0.4) is 0 Å². The summed E-state index contributed by atoms with van der Waals surface area (Å²) < 4.78 is 39.4. The molecule has 8 nitrogen and oxygen atoms in total. The van der Waals surface area contributed by atoms with E-state index >= 15 is 0 Å². The molecule has 1 aromatic heterocycles. The van der Waals surface area contributed by atoms with Crippen molar-refractivity contribution in [3.05, 3.63) is 52.7 Å². The Bertz CT molecular complexity index is 1170. The lowest BCUT2D eigenvalue weighted by Gasteiger charge is -2.32. The van der Waals surface area contributed by atoms with Crippen LogP contribution in [-0.4, -0.2) is 48.9 Å². The maximum Gasteiger partial charge on any atom is 0.303 e. The first-order valence-electron chi connectivity index (χ1n) is 11.3. The number of aliphatic carboxylic acids is 1. The number of aryl methyl sites for hydroxylation is 1. The highest BCUT2D eigenvalue weighted by atomic mass is 32.2. The molecule has 0 amide bonds. The van der Waals surface area contributed by atoms with E-state index < -0.39 is 27.2 Å². The Hall–Kier alpha value is -2.91. The number of carbonyl (C=O) groups is 1. The van der Waals surface area contributed by atoms with Crippen molar-refractivity contribution in [2.45, 2.75) is 62.7 Å². The van der Waals surface area contributed by atoms with Crippen molar-refractivity contribution in [1.82, 2.24) is 4.98 Å². The summed E-state index contributed by atoms with van der Waals surface area (Å²) in [5, 5.41) is 17.3. The number of hydrogen-bond acceptors (Lipinski definition) is 7. The zero-order valence-corrected chi connectivity index (χ0v) is 20.5. The maximum absolute atomic E-state index is 14.0. The zero-order valence-electron chi connectivity index (χ0n) is 19.7. The number of sulfone groups is 1. The number of aliphatic hydroxyl groups is 1. The summed E-state index contributed by atoms with van der Waals surface area (Å²) in [4.78, 5) is 15.2. The van der Waals surface area contributed by atoms with Crippen molar-refractivity contribution in [1.29, 1.82) is 0 Å². The highest BCUT2D eigenvalue weighted by Gasteiger charge is 2.40. The molecule has 0 saturated heterocycles. The topological polar surface area (TPSA) is 123 Å². The number of pyridine rings is 1. The second-order valence-electron chi connectivity index (χ2n) is 8.47. The van der Waals surface area contributed by atoms with Gasteiger partial charge in [-0.15, -0.1) is 0 Å². The summed E-state index contributed by atoms with van der Waals surface area (Å²) in [5.74, 6) is -0.598. The monoisotopic (exact) mass is 489 g/mol. The van der Waals surface area contributed by atoms with E-state index in [4.69, 9.17) is 19.7 Å². The number of rotatable bonds is 10. The average Bonchev–Trinajstić information content (AvgIpc) is 2.81. The summed E-state index contributed by atoms with van der Waals surface area (Å²) in [6.45, 7) is 5.43. The standard InChI is InChI=1S/C25H31NO7S/c1-4-16(2)11-18-5-7-21-20(13-18)22(14-19(33-21)6-8-24(28)29)34(30,31)23-12-17(3)15-26-25(23)32-10-9-27/h5,7,11-13,15,19,22,27H,4,6,8-10,14H2,1-3H3,(H,28,29)/b16-11-/t19-,22?/m0/s1. The van der Waals surface area contributed by atoms with Gasteiger partial charge in [-0.1, -0.05) is 24.6 Å². The number of carboxylic acid groups (broad SMARTS) is 1. The normalized spacial score (nSPS) is 18.2. The van der Waals surface area contributed by atoms with Gasteiger partial charge < -0.3 is 19.7 Å². The molecular formula is C25H31NO7S. The highest BCUT2D eigenvalue weighted by Crippen LogP contribution is 2.45. The number of benzene rings is 1. The average molecular weight is 490 g/mol. The van der Waals surface area contributed by atoms with Gasteiger partial charge in [0.2, 0.25) is 5.88 Å². The number of hydrogen-bond donors (Lipinski definition) is 2. The summed E-state index contributed by atoms with van der Waals surface area (Å²) in [5.41, 5.74) is 3.20. The van der Waals surface area contributed by atoms with Crippen molar-refractivity contribution < 1.29 is 32.9 Å². The van der Waals surface area contributed by atoms with E-state index in [0.717, 1.165) is 17.6 Å². The first kappa shape index (κ1) is 25.7. The molecule has 0 bridgehead atoms. The van der Waals surface area contributed by atoms with E-state index in [9.17, 15) is 13.2 Å². The fourth-order valence-corrected chi connectivity index (χ4v) is 5.89. The maximum atomic E-state index is 14.0. The Morgan fingerprint density at radius 2 is 2.09 bits per heavy atom. The van der Waals surface area contributed by atoms with Crippen molar-refractivity contribution in [3.63, 3.8) is 0 Å². The summed E-state index contributed by atoms with van der Waals surface area (Å²) in [6.07, 6.45) is 3.99. The van der Waals surface area contributed by atoms with Gasteiger partial charge in [-0.2, -0.15) is 0 Å². The molecule has 2 aromatic rings. The Morgan fingerprint density at radius 1 is 1.32 bits per heavy atom. The van der Waals surface area contributed by atoms with Crippen LogP contribution in [0.25, 0.3) is 6.08 Å². The molecule has 184 valence electrons. The number of carboxylic acids is 1. The van der Waals surface area contributed by atoms with Crippen LogP contribution in [0.4, 0.5) is 0 Å². The van der Waals surface area contributed by atoms with E-state index in [0.29, 0.717) is 16.9 Å². The Kier molecular flexibility index (Phi) is 8.33. The SMILES string of the molecule is CC/C(C)=C\c1ccc2c(c1)C(S(=O)(=O)c1cc(C)cnc1OCCO)C[C@H](CCC(=O)O)O2. The lowest BCUT2D eigenvalue weighted by molar-refractivity contribution is -0.137. The molecule has 2 N–H and O–H groups in total. The predicted molar refractivity (Wildman–Crippen MR) is 128 cm³/mol. The van der Waals surface area contributed by atoms with Gasteiger partial charge in [0.25, 0.3) is 0 Å². The number of aliphatic hydroxyl groups excluding tert-OH is 1. The molecule has 1 aliphatic rings. The molecule has 34 heavy (non-hydrogen) atoms. The molecule has 9 heteroatoms. The Morgan fingerprint density at radius 3 is 2.76 bits per heavy atom. The number of ether oxygens (including phenoxy) is 2. The third-order valence-electron chi connectivity index (χ3n) is 5.77. The molecule has 0 radical (unpaired) electrons. The molecule has 1 aliphatic heterocycles. The van der Waals surface area contributed by atoms with Crippen LogP contribution in [-0.2, 0) is 14.6 Å². The second kappa shape index (κ2) is 11.0. The molecular weight excluding hydrogens is 458 g/mol. The fraction of sp³-hybridized carbons (Fsp3) is 0.440. The number of allylic oxidation sites excluding steroid dienone is 1. The first-order valence-corrected chi connectivity index (χ1v) is 12.8. The number of nitrogens with zero attached hydrogens (tertiary/aromatic N) is 1. The van der Waals surface area contributed by atoms with Gasteiger partial charge in [0, 0.05) is 24.6 Å². The van der Waals surface area contributed by atoms with Crippen LogP contribution in [0.2, 0.25) is 0 Å². The quantitative estimate of drug-likeness (QED) is 0.511. The van der Waals surface area contributed by atoms with Crippen LogP contribution in [0.15, 0.2) is 40.9 Å². The van der Waals surface area contributed by atoms with Gasteiger partial charge in [-0.3, -0.25) is 4.79 Å². The lowest BCUT2D eigenvalue weighted by Crippen LogP contribution is -2.30. The van der Waals surface area contributed by atoms with Crippen molar-refractivity contribution >= 4 is 21.9 Å². The largest absolute Gasteiger partial charge is 0.490 e. The molecule has 0 aliphatic carbocycles. The number of aromatic nitrogens is 1. The van der Waals surface area contributed by atoms with E-state index in [-0.39, 0.29) is 43.3 Å². The molecule has 0 saturated carbocycles. The third kappa shape index (κ3) is 5.95. The van der Waals surface area contributed by atoms with E-state index in [1.165, 1.54) is 12.3 Å². The first-order chi connectivity index (χ1) is 16.1. The molecule has 3 rings (SSSR count). The van der Waals surface area contributed by atoms with Crippen LogP contribution < -0.4 is 9.47 Å². The fourth-order valence-electron chi connectivity index (χ4n) is 3.89. The van der Waals surface area contributed by atoms with Crippen molar-refractivity contribution in [2.75, 3.05) is 13.2 Å². The Balaban J connectivity index is 2.11. The minimum Gasteiger partial charge on any atom is -0.490 e. The Labute approximate surface area is 200 Å². The second-order valence-corrected chi connectivity index (χ2v) is 10.6. The molecule has 1 aromatic carbocycles. The van der Waals surface area contributed by atoms with Gasteiger partial charge in [-0.05, 0) is 56.0 Å². The predicted octanol–water partition coefficient (Wildman–Crippen LogP) is 4.11. The summed E-state index contributed by atoms with van der Waals surface area (Å²) in [6, 6.07) is 6.95. The van der Waals surface area contributed by atoms with E-state index in [1.807, 2.05) is 32.1 Å². The zero-order chi connectivity index (χ0) is 24.9. The van der Waals surface area contributed by atoms with E-state index in [2.05, 4.69) is 4.98 Å². The van der Waals surface area contributed by atoms with Gasteiger partial charge in [0.1, 0.15) is 23.4 Å². The van der Waals surface area contributed by atoms with Crippen molar-refractivity contribution in [3.8, 4) is 11.6 Å².